The van der Waals surface area contributed by atoms with Crippen LogP contribution >= 0.6 is 0 Å². The third-order valence-electron chi connectivity index (χ3n) is 2.84. The quantitative estimate of drug-likeness (QED) is 0.802. The highest BCUT2D eigenvalue weighted by atomic mass is 16.3. The van der Waals surface area contributed by atoms with E-state index in [4.69, 9.17) is 10.2 Å². The van der Waals surface area contributed by atoms with Crippen LogP contribution in [0.4, 0.5) is 0 Å². The van der Waals surface area contributed by atoms with Crippen LogP contribution in [-0.4, -0.2) is 18.5 Å². The Labute approximate surface area is 102 Å². The summed E-state index contributed by atoms with van der Waals surface area (Å²) in [5.41, 5.74) is 7.83. The molecule has 17 heavy (non-hydrogen) atoms. The van der Waals surface area contributed by atoms with E-state index < -0.39 is 0 Å². The van der Waals surface area contributed by atoms with E-state index in [0.717, 1.165) is 35.4 Å². The van der Waals surface area contributed by atoms with Gasteiger partial charge in [-0.25, -0.2) is 0 Å². The topological polar surface area (TPSA) is 42.4 Å². The number of likely N-dealkylation sites (N-methyl/N-ethyl adjacent to an activating group) is 1. The maximum Gasteiger partial charge on any atom is 0.134 e. The summed E-state index contributed by atoms with van der Waals surface area (Å²) in [5, 5.41) is 1.12. The molecule has 2 rings (SSSR count). The van der Waals surface area contributed by atoms with Gasteiger partial charge in [-0.1, -0.05) is 24.3 Å². The molecule has 0 aliphatic carbocycles. The Morgan fingerprint density at radius 2 is 2.18 bits per heavy atom. The van der Waals surface area contributed by atoms with Gasteiger partial charge >= 0.3 is 0 Å². The molecule has 90 valence electrons. The van der Waals surface area contributed by atoms with Gasteiger partial charge in [0.2, 0.25) is 0 Å². The molecule has 3 nitrogen and oxygen atoms in total. The van der Waals surface area contributed by atoms with Crippen molar-refractivity contribution in [2.24, 2.45) is 5.73 Å². The third kappa shape index (κ3) is 2.40. The molecule has 1 heterocycles. The molecule has 0 aliphatic heterocycles. The van der Waals surface area contributed by atoms with Gasteiger partial charge in [0.25, 0.3) is 0 Å². The summed E-state index contributed by atoms with van der Waals surface area (Å²) in [6, 6.07) is 8.02. The van der Waals surface area contributed by atoms with E-state index in [1.165, 1.54) is 0 Å². The lowest BCUT2D eigenvalue weighted by molar-refractivity contribution is 0.326. The van der Waals surface area contributed by atoms with Crippen LogP contribution < -0.4 is 5.73 Å². The van der Waals surface area contributed by atoms with Crippen LogP contribution in [0.1, 0.15) is 11.3 Å². The monoisotopic (exact) mass is 230 g/mol. The summed E-state index contributed by atoms with van der Waals surface area (Å²) in [6.07, 6.45) is 1.88. The first-order valence-corrected chi connectivity index (χ1v) is 5.75. The Bertz CT molecular complexity index is 516. The van der Waals surface area contributed by atoms with E-state index in [0.29, 0.717) is 6.54 Å². The zero-order valence-corrected chi connectivity index (χ0v) is 10.1. The van der Waals surface area contributed by atoms with Crippen LogP contribution in [0.25, 0.3) is 11.0 Å². The minimum absolute atomic E-state index is 0.508. The predicted molar refractivity (Wildman–Crippen MR) is 70.6 cm³/mol. The Morgan fingerprint density at radius 1 is 1.41 bits per heavy atom. The molecule has 0 fully saturated rings. The standard InChI is InChI=1S/C14H18N2O/c1-3-8-16(2)10-14-12(9-15)11-6-4-5-7-13(11)17-14/h3-7H,1,8-10,15H2,2H3. The molecule has 0 aliphatic rings. The van der Waals surface area contributed by atoms with Crippen molar-refractivity contribution in [3.8, 4) is 0 Å². The molecule has 2 aromatic rings. The summed E-state index contributed by atoms with van der Waals surface area (Å²) in [4.78, 5) is 2.14. The summed E-state index contributed by atoms with van der Waals surface area (Å²) in [6.45, 7) is 5.83. The van der Waals surface area contributed by atoms with Crippen molar-refractivity contribution in [3.63, 3.8) is 0 Å². The van der Waals surface area contributed by atoms with Gasteiger partial charge < -0.3 is 10.2 Å². The van der Waals surface area contributed by atoms with Gasteiger partial charge in [0.1, 0.15) is 11.3 Å². The molecule has 0 saturated carbocycles. The van der Waals surface area contributed by atoms with Crippen molar-refractivity contribution in [2.45, 2.75) is 13.1 Å². The zero-order chi connectivity index (χ0) is 12.3. The second-order valence-electron chi connectivity index (χ2n) is 4.19. The molecule has 0 spiro atoms. The van der Waals surface area contributed by atoms with Crippen LogP contribution in [0, 0.1) is 0 Å². The SMILES string of the molecule is C=CCN(C)Cc1oc2ccccc2c1CN. The first-order chi connectivity index (χ1) is 8.26. The zero-order valence-electron chi connectivity index (χ0n) is 10.1. The molecule has 2 N–H and O–H groups in total. The number of hydrogen-bond acceptors (Lipinski definition) is 3. The van der Waals surface area contributed by atoms with Gasteiger partial charge in [-0.2, -0.15) is 0 Å². The van der Waals surface area contributed by atoms with Crippen molar-refractivity contribution in [1.29, 1.82) is 0 Å². The minimum Gasteiger partial charge on any atom is -0.459 e. The number of fused-ring (bicyclic) bond motifs is 1. The van der Waals surface area contributed by atoms with Gasteiger partial charge in [-0.05, 0) is 13.1 Å². The van der Waals surface area contributed by atoms with Gasteiger partial charge in [0.15, 0.2) is 0 Å². The lowest BCUT2D eigenvalue weighted by atomic mass is 10.1. The number of nitrogens with two attached hydrogens (primary N) is 1. The van der Waals surface area contributed by atoms with Crippen LogP contribution in [0.2, 0.25) is 0 Å². The Morgan fingerprint density at radius 3 is 2.88 bits per heavy atom. The predicted octanol–water partition coefficient (Wildman–Crippen LogP) is 2.51. The molecular weight excluding hydrogens is 212 g/mol. The number of furan rings is 1. The second kappa shape index (κ2) is 5.17. The number of benzene rings is 1. The molecule has 0 radical (unpaired) electrons. The van der Waals surface area contributed by atoms with E-state index in [2.05, 4.69) is 17.5 Å². The largest absolute Gasteiger partial charge is 0.459 e. The molecule has 0 saturated heterocycles. The van der Waals surface area contributed by atoms with Gasteiger partial charge in [0.05, 0.1) is 6.54 Å². The fourth-order valence-electron chi connectivity index (χ4n) is 2.03. The lowest BCUT2D eigenvalue weighted by Crippen LogP contribution is -2.18. The molecular formula is C14H18N2O. The minimum atomic E-state index is 0.508. The Hall–Kier alpha value is -1.58. The lowest BCUT2D eigenvalue weighted by Gasteiger charge is -2.12. The van der Waals surface area contributed by atoms with E-state index in [9.17, 15) is 0 Å². The highest BCUT2D eigenvalue weighted by Crippen LogP contribution is 2.26. The summed E-state index contributed by atoms with van der Waals surface area (Å²) < 4.78 is 5.85. The van der Waals surface area contributed by atoms with Gasteiger partial charge in [-0.3, -0.25) is 4.90 Å². The van der Waals surface area contributed by atoms with Crippen LogP contribution in [-0.2, 0) is 13.1 Å². The van der Waals surface area contributed by atoms with Crippen molar-refractivity contribution in [1.82, 2.24) is 4.90 Å². The second-order valence-corrected chi connectivity index (χ2v) is 4.19. The fourth-order valence-corrected chi connectivity index (χ4v) is 2.03. The maximum absolute atomic E-state index is 5.85. The van der Waals surface area contributed by atoms with Gasteiger partial charge in [0, 0.05) is 24.0 Å². The van der Waals surface area contributed by atoms with E-state index in [1.807, 2.05) is 31.3 Å². The van der Waals surface area contributed by atoms with Crippen molar-refractivity contribution >= 4 is 11.0 Å². The Balaban J connectivity index is 2.36. The maximum atomic E-state index is 5.85. The average Bonchev–Trinajstić information content (AvgIpc) is 2.66. The van der Waals surface area contributed by atoms with E-state index in [-0.39, 0.29) is 0 Å². The highest BCUT2D eigenvalue weighted by Gasteiger charge is 2.13. The smallest absolute Gasteiger partial charge is 0.134 e. The highest BCUT2D eigenvalue weighted by molar-refractivity contribution is 5.82. The van der Waals surface area contributed by atoms with E-state index >= 15 is 0 Å². The summed E-state index contributed by atoms with van der Waals surface area (Å²) in [5.74, 6) is 0.957. The van der Waals surface area contributed by atoms with Crippen molar-refractivity contribution < 1.29 is 4.42 Å². The first-order valence-electron chi connectivity index (χ1n) is 5.75. The third-order valence-corrected chi connectivity index (χ3v) is 2.84. The number of rotatable bonds is 5. The van der Waals surface area contributed by atoms with E-state index in [1.54, 1.807) is 0 Å². The normalized spacial score (nSPS) is 11.2. The Kier molecular flexibility index (Phi) is 3.61. The van der Waals surface area contributed by atoms with Crippen molar-refractivity contribution in [3.05, 3.63) is 48.2 Å². The molecule has 3 heteroatoms. The fraction of sp³-hybridized carbons (Fsp3) is 0.286. The van der Waals surface area contributed by atoms with Gasteiger partial charge in [-0.15, -0.1) is 6.58 Å². The molecule has 0 bridgehead atoms. The molecule has 0 atom stereocenters. The average molecular weight is 230 g/mol. The molecule has 0 unspecified atom stereocenters. The molecule has 0 amide bonds. The van der Waals surface area contributed by atoms with Crippen LogP contribution in [0.15, 0.2) is 41.3 Å². The molecule has 1 aromatic heterocycles. The number of hydrogen-bond donors (Lipinski definition) is 1. The number of para-hydroxylation sites is 1. The molecule has 1 aromatic carbocycles. The van der Waals surface area contributed by atoms with Crippen LogP contribution in [0.5, 0.6) is 0 Å². The first kappa shape index (κ1) is 11.9. The summed E-state index contributed by atoms with van der Waals surface area (Å²) >= 11 is 0. The summed E-state index contributed by atoms with van der Waals surface area (Å²) in [7, 11) is 2.04. The number of nitrogens with zero attached hydrogens (tertiary/aromatic N) is 1. The van der Waals surface area contributed by atoms with Crippen LogP contribution in [0.3, 0.4) is 0 Å². The van der Waals surface area contributed by atoms with Crippen molar-refractivity contribution in [2.75, 3.05) is 13.6 Å².